The van der Waals surface area contributed by atoms with Gasteiger partial charge in [0.25, 0.3) is 0 Å². The lowest BCUT2D eigenvalue weighted by molar-refractivity contribution is -0.117. The minimum atomic E-state index is -0.216. The summed E-state index contributed by atoms with van der Waals surface area (Å²) in [5.74, 6) is 0.0510. The molecule has 1 N–H and O–H groups in total. The summed E-state index contributed by atoms with van der Waals surface area (Å²) in [6.45, 7) is 6.39. The summed E-state index contributed by atoms with van der Waals surface area (Å²) in [4.78, 5) is 13.5. The van der Waals surface area contributed by atoms with Crippen LogP contribution in [-0.4, -0.2) is 18.0 Å². The second-order valence-electron chi connectivity index (χ2n) is 4.68. The van der Waals surface area contributed by atoms with Crippen LogP contribution in [0, 0.1) is 0 Å². The Bertz CT molecular complexity index is 443. The lowest BCUT2D eigenvalue weighted by atomic mass is 9.97. The number of fused-ring (bicyclic) bond motifs is 1. The van der Waals surface area contributed by atoms with Crippen molar-refractivity contribution in [2.75, 3.05) is 16.8 Å². The van der Waals surface area contributed by atoms with E-state index in [0.29, 0.717) is 5.02 Å². The Morgan fingerprint density at radius 1 is 1.50 bits per heavy atom. The third-order valence-corrected chi connectivity index (χ3v) is 3.07. The highest BCUT2D eigenvalue weighted by Crippen LogP contribution is 2.37. The molecule has 0 spiro atoms. The zero-order valence-electron chi connectivity index (χ0n) is 9.67. The Labute approximate surface area is 100 Å². The van der Waals surface area contributed by atoms with Gasteiger partial charge in [-0.15, -0.1) is 0 Å². The maximum atomic E-state index is 11.7. The largest absolute Gasteiger partial charge is 0.381 e. The molecule has 1 aliphatic rings. The second kappa shape index (κ2) is 3.67. The van der Waals surface area contributed by atoms with Crippen molar-refractivity contribution in [2.45, 2.75) is 26.3 Å². The first-order valence-corrected chi connectivity index (χ1v) is 5.64. The molecule has 0 aliphatic carbocycles. The Balaban J connectivity index is 2.54. The van der Waals surface area contributed by atoms with Gasteiger partial charge < -0.3 is 10.2 Å². The molecule has 0 saturated carbocycles. The normalized spacial score (nSPS) is 17.6. The van der Waals surface area contributed by atoms with E-state index >= 15 is 0 Å². The van der Waals surface area contributed by atoms with Gasteiger partial charge in [-0.25, -0.2) is 0 Å². The predicted octanol–water partition coefficient (Wildman–Crippen LogP) is 2.90. The van der Waals surface area contributed by atoms with Crippen LogP contribution < -0.4 is 10.2 Å². The molecule has 0 aromatic heterocycles. The van der Waals surface area contributed by atoms with Gasteiger partial charge in [0, 0.05) is 18.5 Å². The van der Waals surface area contributed by atoms with Gasteiger partial charge in [-0.05, 0) is 32.0 Å². The number of benzene rings is 1. The van der Waals surface area contributed by atoms with Crippen LogP contribution in [0.2, 0.25) is 5.02 Å². The summed E-state index contributed by atoms with van der Waals surface area (Å²) < 4.78 is 0. The number of hydrogen-bond acceptors (Lipinski definition) is 2. The van der Waals surface area contributed by atoms with E-state index in [2.05, 4.69) is 5.32 Å². The molecule has 1 heterocycles. The number of halogens is 1. The Kier molecular flexibility index (Phi) is 2.58. The Hall–Kier alpha value is -1.22. The fraction of sp³-hybridized carbons (Fsp3) is 0.417. The van der Waals surface area contributed by atoms with Crippen LogP contribution in [0.4, 0.5) is 11.4 Å². The van der Waals surface area contributed by atoms with E-state index in [4.69, 9.17) is 11.6 Å². The molecule has 86 valence electrons. The maximum Gasteiger partial charge on any atom is 0.224 e. The van der Waals surface area contributed by atoms with Crippen LogP contribution in [0.1, 0.15) is 20.8 Å². The van der Waals surface area contributed by atoms with Crippen LogP contribution in [0.25, 0.3) is 0 Å². The monoisotopic (exact) mass is 238 g/mol. The average Bonchev–Trinajstić information content (AvgIpc) is 2.16. The Morgan fingerprint density at radius 2 is 2.19 bits per heavy atom. The lowest BCUT2D eigenvalue weighted by Gasteiger charge is -2.43. The van der Waals surface area contributed by atoms with Crippen molar-refractivity contribution < 1.29 is 4.79 Å². The molecule has 0 saturated heterocycles. The Morgan fingerprint density at radius 3 is 2.81 bits per heavy atom. The number of carbonyl (C=O) groups excluding carboxylic acids is 1. The number of anilines is 2. The minimum absolute atomic E-state index is 0.0510. The first-order valence-electron chi connectivity index (χ1n) is 5.26. The molecule has 4 heteroatoms. The number of nitrogens with zero attached hydrogens (tertiary/aromatic N) is 1. The molecule has 1 aromatic carbocycles. The van der Waals surface area contributed by atoms with Crippen molar-refractivity contribution in [1.29, 1.82) is 0 Å². The van der Waals surface area contributed by atoms with Crippen LogP contribution in [0.3, 0.4) is 0 Å². The fourth-order valence-corrected chi connectivity index (χ4v) is 2.33. The fourth-order valence-electron chi connectivity index (χ4n) is 2.16. The molecule has 3 nitrogen and oxygen atoms in total. The highest BCUT2D eigenvalue weighted by Gasteiger charge is 2.35. The van der Waals surface area contributed by atoms with Crippen molar-refractivity contribution in [3.05, 3.63) is 23.2 Å². The lowest BCUT2D eigenvalue weighted by Crippen LogP contribution is -2.54. The summed E-state index contributed by atoms with van der Waals surface area (Å²) in [6, 6.07) is 5.54. The van der Waals surface area contributed by atoms with Gasteiger partial charge in [0.05, 0.1) is 16.9 Å². The van der Waals surface area contributed by atoms with Crippen molar-refractivity contribution in [1.82, 2.24) is 0 Å². The van der Waals surface area contributed by atoms with Gasteiger partial charge in [-0.2, -0.15) is 0 Å². The highest BCUT2D eigenvalue weighted by molar-refractivity contribution is 6.31. The van der Waals surface area contributed by atoms with Crippen LogP contribution in [0.5, 0.6) is 0 Å². The number of hydrogen-bond donors (Lipinski definition) is 1. The van der Waals surface area contributed by atoms with Crippen molar-refractivity contribution >= 4 is 28.9 Å². The topological polar surface area (TPSA) is 32.3 Å². The maximum absolute atomic E-state index is 11.7. The zero-order valence-corrected chi connectivity index (χ0v) is 10.4. The van der Waals surface area contributed by atoms with E-state index in [0.717, 1.165) is 17.9 Å². The van der Waals surface area contributed by atoms with E-state index in [1.807, 2.05) is 30.9 Å². The number of carbonyl (C=O) groups is 1. The van der Waals surface area contributed by atoms with Crippen LogP contribution >= 0.6 is 11.6 Å². The average molecular weight is 239 g/mol. The smallest absolute Gasteiger partial charge is 0.224 e. The molecule has 0 bridgehead atoms. The second-order valence-corrected chi connectivity index (χ2v) is 5.12. The standard InChI is InChI=1S/C12H15ClN2O/c1-8(16)15-11-5-4-9(13)6-10(11)14-7-12(15,2)3/h4-6,14H,7H2,1-3H3. The molecule has 0 atom stereocenters. The summed E-state index contributed by atoms with van der Waals surface area (Å²) >= 11 is 5.93. The zero-order chi connectivity index (χ0) is 11.9. The van der Waals surface area contributed by atoms with Gasteiger partial charge in [0.1, 0.15) is 0 Å². The highest BCUT2D eigenvalue weighted by atomic mass is 35.5. The first-order chi connectivity index (χ1) is 7.42. The molecule has 1 aliphatic heterocycles. The molecular weight excluding hydrogens is 224 g/mol. The van der Waals surface area contributed by atoms with E-state index in [-0.39, 0.29) is 11.4 Å². The van der Waals surface area contributed by atoms with Gasteiger partial charge in [0.15, 0.2) is 0 Å². The number of rotatable bonds is 0. The minimum Gasteiger partial charge on any atom is -0.381 e. The summed E-state index contributed by atoms with van der Waals surface area (Å²) in [5.41, 5.74) is 1.60. The molecule has 2 rings (SSSR count). The summed E-state index contributed by atoms with van der Waals surface area (Å²) in [7, 11) is 0. The molecule has 1 aromatic rings. The van der Waals surface area contributed by atoms with Gasteiger partial charge >= 0.3 is 0 Å². The van der Waals surface area contributed by atoms with Gasteiger partial charge in [-0.3, -0.25) is 4.79 Å². The number of amides is 1. The van der Waals surface area contributed by atoms with Crippen LogP contribution in [0.15, 0.2) is 18.2 Å². The summed E-state index contributed by atoms with van der Waals surface area (Å²) in [5, 5.41) is 3.98. The third-order valence-electron chi connectivity index (χ3n) is 2.83. The van der Waals surface area contributed by atoms with Crippen molar-refractivity contribution in [2.24, 2.45) is 0 Å². The molecule has 0 unspecified atom stereocenters. The van der Waals surface area contributed by atoms with Crippen molar-refractivity contribution in [3.63, 3.8) is 0 Å². The van der Waals surface area contributed by atoms with E-state index in [1.165, 1.54) is 0 Å². The molecule has 1 amide bonds. The van der Waals surface area contributed by atoms with Crippen LogP contribution in [-0.2, 0) is 4.79 Å². The SMILES string of the molecule is CC(=O)N1c2ccc(Cl)cc2NCC1(C)C. The van der Waals surface area contributed by atoms with Crippen molar-refractivity contribution in [3.8, 4) is 0 Å². The molecule has 16 heavy (non-hydrogen) atoms. The van der Waals surface area contributed by atoms with E-state index < -0.39 is 0 Å². The first kappa shape index (κ1) is 11.3. The molecule has 0 fully saturated rings. The summed E-state index contributed by atoms with van der Waals surface area (Å²) in [6.07, 6.45) is 0. The quantitative estimate of drug-likeness (QED) is 0.754. The predicted molar refractivity (Wildman–Crippen MR) is 67.2 cm³/mol. The third kappa shape index (κ3) is 1.76. The van der Waals surface area contributed by atoms with Gasteiger partial charge in [-0.1, -0.05) is 11.6 Å². The van der Waals surface area contributed by atoms with E-state index in [1.54, 1.807) is 13.0 Å². The molecule has 0 radical (unpaired) electrons. The van der Waals surface area contributed by atoms with E-state index in [9.17, 15) is 4.79 Å². The number of nitrogens with one attached hydrogen (secondary N) is 1. The van der Waals surface area contributed by atoms with Gasteiger partial charge in [0.2, 0.25) is 5.91 Å². The molecular formula is C12H15ClN2O.